The zero-order valence-corrected chi connectivity index (χ0v) is 10.8. The maximum atomic E-state index is 2.25. The van der Waals surface area contributed by atoms with Crippen molar-refractivity contribution >= 4 is 0 Å². The van der Waals surface area contributed by atoms with E-state index in [1.165, 1.54) is 0 Å². The maximum absolute atomic E-state index is 2.25. The number of nitrogens with zero attached hydrogens (tertiary/aromatic N) is 4. The SMILES string of the molecule is CCN1C=CN(C)C1.CC[n+]1ccn(C)c1. The normalized spacial score (nSPS) is 14.0. The Morgan fingerprint density at radius 3 is 2.19 bits per heavy atom. The van der Waals surface area contributed by atoms with Crippen LogP contribution in [0.4, 0.5) is 0 Å². The molecule has 0 unspecified atom stereocenters. The predicted molar refractivity (Wildman–Crippen MR) is 65.4 cm³/mol. The van der Waals surface area contributed by atoms with Crippen molar-refractivity contribution in [2.75, 3.05) is 20.3 Å². The number of hydrogen-bond donors (Lipinski definition) is 0. The minimum Gasteiger partial charge on any atom is -0.362 e. The van der Waals surface area contributed by atoms with Crippen LogP contribution in [-0.2, 0) is 13.6 Å². The van der Waals surface area contributed by atoms with Gasteiger partial charge in [-0.3, -0.25) is 0 Å². The van der Waals surface area contributed by atoms with Crippen LogP contribution < -0.4 is 4.57 Å². The highest BCUT2D eigenvalue weighted by atomic mass is 15.3. The monoisotopic (exact) mass is 223 g/mol. The van der Waals surface area contributed by atoms with E-state index in [0.717, 1.165) is 19.8 Å². The Balaban J connectivity index is 0.000000160. The van der Waals surface area contributed by atoms with Gasteiger partial charge in [0.1, 0.15) is 12.4 Å². The fraction of sp³-hybridized carbons (Fsp3) is 0.583. The number of imidazole rings is 1. The van der Waals surface area contributed by atoms with E-state index in [-0.39, 0.29) is 0 Å². The first kappa shape index (κ1) is 12.6. The fourth-order valence-corrected chi connectivity index (χ4v) is 1.48. The average molecular weight is 223 g/mol. The molecule has 0 atom stereocenters. The first-order chi connectivity index (χ1) is 7.65. The van der Waals surface area contributed by atoms with Crippen LogP contribution in [-0.4, -0.2) is 34.6 Å². The number of hydrogen-bond acceptors (Lipinski definition) is 2. The lowest BCUT2D eigenvalue weighted by Gasteiger charge is -2.14. The zero-order chi connectivity index (χ0) is 12.0. The van der Waals surface area contributed by atoms with E-state index in [1.807, 2.05) is 17.8 Å². The zero-order valence-electron chi connectivity index (χ0n) is 10.8. The van der Waals surface area contributed by atoms with Gasteiger partial charge in [0, 0.05) is 26.0 Å². The average Bonchev–Trinajstić information content (AvgIpc) is 2.88. The Hall–Kier alpha value is -1.45. The Morgan fingerprint density at radius 1 is 1.19 bits per heavy atom. The van der Waals surface area contributed by atoms with Crippen LogP contribution in [0.3, 0.4) is 0 Å². The third-order valence-corrected chi connectivity index (χ3v) is 2.53. The smallest absolute Gasteiger partial charge is 0.243 e. The van der Waals surface area contributed by atoms with Crippen molar-refractivity contribution in [1.29, 1.82) is 0 Å². The summed E-state index contributed by atoms with van der Waals surface area (Å²) in [7, 11) is 4.10. The lowest BCUT2D eigenvalue weighted by Crippen LogP contribution is -2.28. The van der Waals surface area contributed by atoms with Crippen molar-refractivity contribution in [3.8, 4) is 0 Å². The summed E-state index contributed by atoms with van der Waals surface area (Å²) in [4.78, 5) is 4.41. The Labute approximate surface area is 98.4 Å². The summed E-state index contributed by atoms with van der Waals surface area (Å²) in [6.07, 6.45) is 10.3. The van der Waals surface area contributed by atoms with Crippen LogP contribution in [0, 0.1) is 0 Å². The molecule has 0 saturated carbocycles. The van der Waals surface area contributed by atoms with E-state index >= 15 is 0 Å². The van der Waals surface area contributed by atoms with Gasteiger partial charge in [0.05, 0.1) is 20.3 Å². The molecule has 90 valence electrons. The largest absolute Gasteiger partial charge is 0.362 e. The standard InChI is InChI=1S/C6H12N2.C6H11N2/c2*1-3-8-5-4-7(2)6-8/h4-5H,3,6H2,1-2H3;4-6H,3H2,1-2H3/q;+1. The summed E-state index contributed by atoms with van der Waals surface area (Å²) in [6.45, 7) is 7.50. The van der Waals surface area contributed by atoms with Gasteiger partial charge >= 0.3 is 0 Å². The van der Waals surface area contributed by atoms with Gasteiger partial charge in [-0.25, -0.2) is 9.13 Å². The Morgan fingerprint density at radius 2 is 1.94 bits per heavy atom. The highest BCUT2D eigenvalue weighted by molar-refractivity contribution is 4.87. The van der Waals surface area contributed by atoms with E-state index in [1.54, 1.807) is 0 Å². The van der Waals surface area contributed by atoms with Gasteiger partial charge < -0.3 is 9.80 Å². The summed E-state index contributed by atoms with van der Waals surface area (Å²) in [5.41, 5.74) is 0. The molecule has 0 aromatic carbocycles. The summed E-state index contributed by atoms with van der Waals surface area (Å²) in [5, 5.41) is 0. The number of aromatic nitrogens is 2. The molecular formula is C12H23N4+. The molecule has 0 N–H and O–H groups in total. The van der Waals surface area contributed by atoms with Gasteiger partial charge in [-0.2, -0.15) is 0 Å². The van der Waals surface area contributed by atoms with Crippen molar-refractivity contribution in [2.24, 2.45) is 7.05 Å². The Kier molecular flexibility index (Phi) is 4.89. The molecule has 0 aliphatic carbocycles. The fourth-order valence-electron chi connectivity index (χ4n) is 1.48. The molecule has 16 heavy (non-hydrogen) atoms. The molecular weight excluding hydrogens is 200 g/mol. The molecule has 1 aromatic heterocycles. The van der Waals surface area contributed by atoms with E-state index < -0.39 is 0 Å². The summed E-state index contributed by atoms with van der Waals surface area (Å²) in [5.74, 6) is 0. The van der Waals surface area contributed by atoms with Gasteiger partial charge in [0.25, 0.3) is 0 Å². The molecule has 1 aliphatic heterocycles. The van der Waals surface area contributed by atoms with E-state index in [9.17, 15) is 0 Å². The third-order valence-electron chi connectivity index (χ3n) is 2.53. The van der Waals surface area contributed by atoms with E-state index in [4.69, 9.17) is 0 Å². The molecule has 1 aliphatic rings. The molecule has 2 heterocycles. The quantitative estimate of drug-likeness (QED) is 0.695. The first-order valence-electron chi connectivity index (χ1n) is 5.79. The molecule has 0 radical (unpaired) electrons. The molecule has 0 fully saturated rings. The number of rotatable bonds is 2. The van der Waals surface area contributed by atoms with E-state index in [0.29, 0.717) is 0 Å². The summed E-state index contributed by atoms with van der Waals surface area (Å²) < 4.78 is 4.16. The molecule has 2 rings (SSSR count). The van der Waals surface area contributed by atoms with Gasteiger partial charge in [-0.15, -0.1) is 0 Å². The second kappa shape index (κ2) is 6.20. The summed E-state index contributed by atoms with van der Waals surface area (Å²) in [6, 6.07) is 0. The van der Waals surface area contributed by atoms with Crippen molar-refractivity contribution in [3.63, 3.8) is 0 Å². The van der Waals surface area contributed by atoms with Gasteiger partial charge in [0.15, 0.2) is 0 Å². The topological polar surface area (TPSA) is 15.3 Å². The second-order valence-corrected chi connectivity index (χ2v) is 4.01. The lowest BCUT2D eigenvalue weighted by atomic mass is 10.6. The van der Waals surface area contributed by atoms with Crippen molar-refractivity contribution in [2.45, 2.75) is 20.4 Å². The van der Waals surface area contributed by atoms with Crippen LogP contribution in [0.15, 0.2) is 31.1 Å². The van der Waals surface area contributed by atoms with Gasteiger partial charge in [0.2, 0.25) is 6.33 Å². The minimum atomic E-state index is 1.05. The maximum Gasteiger partial charge on any atom is 0.243 e. The van der Waals surface area contributed by atoms with Crippen LogP contribution in [0.1, 0.15) is 13.8 Å². The molecule has 0 bridgehead atoms. The molecule has 1 aromatic rings. The first-order valence-corrected chi connectivity index (χ1v) is 5.79. The molecule has 0 saturated heterocycles. The molecule has 4 nitrogen and oxygen atoms in total. The van der Waals surface area contributed by atoms with Crippen LogP contribution in [0.5, 0.6) is 0 Å². The lowest BCUT2D eigenvalue weighted by molar-refractivity contribution is -0.693. The summed E-state index contributed by atoms with van der Waals surface area (Å²) >= 11 is 0. The predicted octanol–water partition coefficient (Wildman–Crippen LogP) is 1.01. The highest BCUT2D eigenvalue weighted by Crippen LogP contribution is 2.00. The van der Waals surface area contributed by atoms with E-state index in [2.05, 4.69) is 60.2 Å². The van der Waals surface area contributed by atoms with Crippen LogP contribution in [0.2, 0.25) is 0 Å². The van der Waals surface area contributed by atoms with Crippen LogP contribution >= 0.6 is 0 Å². The number of aryl methyl sites for hydroxylation is 2. The highest BCUT2D eigenvalue weighted by Gasteiger charge is 2.03. The molecule has 0 spiro atoms. The van der Waals surface area contributed by atoms with Crippen molar-refractivity contribution in [1.82, 2.24) is 14.4 Å². The minimum absolute atomic E-state index is 1.05. The second-order valence-electron chi connectivity index (χ2n) is 4.01. The molecule has 4 heteroatoms. The third kappa shape index (κ3) is 3.96. The molecule has 0 amide bonds. The van der Waals surface area contributed by atoms with Crippen molar-refractivity contribution < 1.29 is 4.57 Å². The Bertz CT molecular complexity index is 330. The van der Waals surface area contributed by atoms with Crippen molar-refractivity contribution in [3.05, 3.63) is 31.1 Å². The van der Waals surface area contributed by atoms with Gasteiger partial charge in [-0.05, 0) is 13.8 Å². The van der Waals surface area contributed by atoms with Crippen LogP contribution in [0.25, 0.3) is 0 Å². The van der Waals surface area contributed by atoms with Gasteiger partial charge in [-0.1, -0.05) is 0 Å².